The molecule has 1 aromatic carbocycles. The highest BCUT2D eigenvalue weighted by molar-refractivity contribution is 7.92. The highest BCUT2D eigenvalue weighted by Crippen LogP contribution is 2.23. The summed E-state index contributed by atoms with van der Waals surface area (Å²) in [6.45, 7) is 0. The van der Waals surface area contributed by atoms with Gasteiger partial charge >= 0.3 is 0 Å². The van der Waals surface area contributed by atoms with Crippen molar-refractivity contribution in [1.82, 2.24) is 4.98 Å². The van der Waals surface area contributed by atoms with Crippen molar-refractivity contribution < 1.29 is 8.42 Å². The Morgan fingerprint density at radius 3 is 2.37 bits per heavy atom. The van der Waals surface area contributed by atoms with Crippen LogP contribution >= 0.6 is 0 Å². The van der Waals surface area contributed by atoms with Gasteiger partial charge in [0.2, 0.25) is 0 Å². The molecular weight excluding hydrogens is 262 g/mol. The summed E-state index contributed by atoms with van der Waals surface area (Å²) in [7, 11) is 0.0303. The van der Waals surface area contributed by atoms with Gasteiger partial charge in [-0.1, -0.05) is 18.2 Å². The van der Waals surface area contributed by atoms with Gasteiger partial charge in [-0.3, -0.25) is 4.72 Å². The molecule has 0 saturated heterocycles. The summed E-state index contributed by atoms with van der Waals surface area (Å²) in [6, 6.07) is 11.6. The number of hydrogen-bond acceptors (Lipinski definition) is 4. The first kappa shape index (κ1) is 13.4. The molecule has 0 radical (unpaired) electrons. The zero-order chi connectivity index (χ0) is 13.9. The predicted octanol–water partition coefficient (Wildman–Crippen LogP) is 1.95. The van der Waals surface area contributed by atoms with Gasteiger partial charge in [-0.05, 0) is 24.3 Å². The van der Waals surface area contributed by atoms with Crippen LogP contribution in [-0.4, -0.2) is 27.5 Å². The lowest BCUT2D eigenvalue weighted by Crippen LogP contribution is -2.18. The fourth-order valence-electron chi connectivity index (χ4n) is 1.64. The van der Waals surface area contributed by atoms with E-state index in [1.54, 1.807) is 53.6 Å². The molecule has 1 aromatic heterocycles. The minimum atomic E-state index is -3.59. The first-order chi connectivity index (χ1) is 9.00. The molecule has 0 aliphatic carbocycles. The van der Waals surface area contributed by atoms with Crippen LogP contribution in [-0.2, 0) is 10.0 Å². The van der Waals surface area contributed by atoms with Crippen molar-refractivity contribution in [1.29, 1.82) is 0 Å². The lowest BCUT2D eigenvalue weighted by Gasteiger charge is -2.16. The predicted molar refractivity (Wildman–Crippen MR) is 75.8 cm³/mol. The van der Waals surface area contributed by atoms with Crippen molar-refractivity contribution >= 4 is 21.5 Å². The first-order valence-corrected chi connectivity index (χ1v) is 7.19. The number of aromatic nitrogens is 1. The van der Waals surface area contributed by atoms with Crippen LogP contribution in [0.5, 0.6) is 0 Å². The van der Waals surface area contributed by atoms with Crippen molar-refractivity contribution in [3.63, 3.8) is 0 Å². The van der Waals surface area contributed by atoms with Crippen molar-refractivity contribution in [3.05, 3.63) is 48.7 Å². The molecule has 0 spiro atoms. The molecule has 1 N–H and O–H groups in total. The van der Waals surface area contributed by atoms with Gasteiger partial charge in [-0.2, -0.15) is 0 Å². The van der Waals surface area contributed by atoms with Crippen LogP contribution in [0, 0.1) is 0 Å². The van der Waals surface area contributed by atoms with Gasteiger partial charge in [-0.15, -0.1) is 0 Å². The standard InChI is InChI=1S/C13H15N3O2S/c1-16(2)13-12(9-6-10-14-13)15-19(17,18)11-7-4-3-5-8-11/h3-10,15H,1-2H3. The highest BCUT2D eigenvalue weighted by Gasteiger charge is 2.16. The van der Waals surface area contributed by atoms with Gasteiger partial charge in [0.1, 0.15) is 0 Å². The van der Waals surface area contributed by atoms with Crippen LogP contribution in [0.3, 0.4) is 0 Å². The molecule has 1 heterocycles. The third-order valence-corrected chi connectivity index (χ3v) is 3.89. The maximum atomic E-state index is 12.2. The van der Waals surface area contributed by atoms with Gasteiger partial charge in [-0.25, -0.2) is 13.4 Å². The summed E-state index contributed by atoms with van der Waals surface area (Å²) < 4.78 is 27.0. The van der Waals surface area contributed by atoms with Crippen molar-refractivity contribution in [2.24, 2.45) is 0 Å². The second kappa shape index (κ2) is 5.27. The smallest absolute Gasteiger partial charge is 0.262 e. The quantitative estimate of drug-likeness (QED) is 0.928. The van der Waals surface area contributed by atoms with E-state index in [2.05, 4.69) is 9.71 Å². The minimum Gasteiger partial charge on any atom is -0.361 e. The second-order valence-electron chi connectivity index (χ2n) is 4.19. The molecule has 0 aliphatic heterocycles. The molecule has 5 nitrogen and oxygen atoms in total. The Kier molecular flexibility index (Phi) is 3.71. The monoisotopic (exact) mass is 277 g/mol. The number of nitrogens with one attached hydrogen (secondary N) is 1. The van der Waals surface area contributed by atoms with E-state index in [1.807, 2.05) is 14.1 Å². The molecule has 6 heteroatoms. The Labute approximate surface area is 113 Å². The number of rotatable bonds is 4. The average Bonchev–Trinajstić information content (AvgIpc) is 2.39. The lowest BCUT2D eigenvalue weighted by molar-refractivity contribution is 0.601. The van der Waals surface area contributed by atoms with E-state index in [1.165, 1.54) is 0 Å². The highest BCUT2D eigenvalue weighted by atomic mass is 32.2. The molecule has 2 rings (SSSR count). The van der Waals surface area contributed by atoms with Gasteiger partial charge in [0, 0.05) is 20.3 Å². The summed E-state index contributed by atoms with van der Waals surface area (Å²) in [6.07, 6.45) is 1.62. The maximum absolute atomic E-state index is 12.2. The summed E-state index contributed by atoms with van der Waals surface area (Å²) >= 11 is 0. The van der Waals surface area contributed by atoms with E-state index >= 15 is 0 Å². The van der Waals surface area contributed by atoms with Crippen molar-refractivity contribution in [2.75, 3.05) is 23.7 Å². The van der Waals surface area contributed by atoms with Gasteiger partial charge in [0.15, 0.2) is 5.82 Å². The molecule has 19 heavy (non-hydrogen) atoms. The molecule has 0 amide bonds. The van der Waals surface area contributed by atoms with Crippen LogP contribution in [0.4, 0.5) is 11.5 Å². The molecule has 2 aromatic rings. The van der Waals surface area contributed by atoms with Crippen LogP contribution in [0.1, 0.15) is 0 Å². The average molecular weight is 277 g/mol. The van der Waals surface area contributed by atoms with Crippen LogP contribution in [0.2, 0.25) is 0 Å². The first-order valence-electron chi connectivity index (χ1n) is 5.71. The zero-order valence-corrected chi connectivity index (χ0v) is 11.6. The topological polar surface area (TPSA) is 62.3 Å². The lowest BCUT2D eigenvalue weighted by atomic mass is 10.4. The molecule has 0 aliphatic rings. The SMILES string of the molecule is CN(C)c1ncccc1NS(=O)(=O)c1ccccc1. The van der Waals surface area contributed by atoms with Crippen LogP contribution in [0.25, 0.3) is 0 Å². The number of benzene rings is 1. The molecular formula is C13H15N3O2S. The molecule has 0 bridgehead atoms. The second-order valence-corrected chi connectivity index (χ2v) is 5.87. The van der Waals surface area contributed by atoms with Gasteiger partial charge in [0.05, 0.1) is 10.6 Å². The molecule has 0 unspecified atom stereocenters. The number of hydrogen-bond donors (Lipinski definition) is 1. The summed E-state index contributed by atoms with van der Waals surface area (Å²) in [5, 5.41) is 0. The normalized spacial score (nSPS) is 11.1. The number of anilines is 2. The summed E-state index contributed by atoms with van der Waals surface area (Å²) in [5.74, 6) is 0.571. The van der Waals surface area contributed by atoms with Crippen LogP contribution in [0.15, 0.2) is 53.6 Å². The minimum absolute atomic E-state index is 0.226. The van der Waals surface area contributed by atoms with E-state index in [9.17, 15) is 8.42 Å². The Morgan fingerprint density at radius 1 is 1.05 bits per heavy atom. The largest absolute Gasteiger partial charge is 0.361 e. The van der Waals surface area contributed by atoms with Crippen LogP contribution < -0.4 is 9.62 Å². The van der Waals surface area contributed by atoms with E-state index in [4.69, 9.17) is 0 Å². The van der Waals surface area contributed by atoms with E-state index in [0.717, 1.165) is 0 Å². The Bertz CT molecular complexity index is 655. The molecule has 100 valence electrons. The third kappa shape index (κ3) is 3.03. The van der Waals surface area contributed by atoms with Crippen molar-refractivity contribution in [3.8, 4) is 0 Å². The zero-order valence-electron chi connectivity index (χ0n) is 10.7. The maximum Gasteiger partial charge on any atom is 0.262 e. The molecule has 0 fully saturated rings. The molecule has 0 atom stereocenters. The fraction of sp³-hybridized carbons (Fsp3) is 0.154. The Balaban J connectivity index is 2.37. The molecule has 0 saturated carbocycles. The Morgan fingerprint density at radius 2 is 1.74 bits per heavy atom. The van der Waals surface area contributed by atoms with Crippen molar-refractivity contribution in [2.45, 2.75) is 4.90 Å². The Hall–Kier alpha value is -2.08. The van der Waals surface area contributed by atoms with Gasteiger partial charge < -0.3 is 4.90 Å². The summed E-state index contributed by atoms with van der Waals surface area (Å²) in [4.78, 5) is 6.13. The fourth-order valence-corrected chi connectivity index (χ4v) is 2.72. The number of pyridine rings is 1. The van der Waals surface area contributed by atoms with E-state index in [0.29, 0.717) is 11.5 Å². The number of nitrogens with zero attached hydrogens (tertiary/aromatic N) is 2. The van der Waals surface area contributed by atoms with E-state index in [-0.39, 0.29) is 4.90 Å². The van der Waals surface area contributed by atoms with Gasteiger partial charge in [0.25, 0.3) is 10.0 Å². The third-order valence-electron chi connectivity index (χ3n) is 2.51. The van der Waals surface area contributed by atoms with E-state index < -0.39 is 10.0 Å². The summed E-state index contributed by atoms with van der Waals surface area (Å²) in [5.41, 5.74) is 0.455. The number of sulfonamides is 1.